The van der Waals surface area contributed by atoms with Crippen LogP contribution >= 0.6 is 0 Å². The molecule has 15 heavy (non-hydrogen) atoms. The zero-order chi connectivity index (χ0) is 11.3. The van der Waals surface area contributed by atoms with E-state index in [0.29, 0.717) is 11.3 Å². The van der Waals surface area contributed by atoms with Crippen LogP contribution in [-0.4, -0.2) is 25.5 Å². The van der Waals surface area contributed by atoms with Crippen molar-refractivity contribution in [3.63, 3.8) is 0 Å². The molecule has 5 heteroatoms. The van der Waals surface area contributed by atoms with Gasteiger partial charge in [-0.2, -0.15) is 0 Å². The number of benzene rings is 1. The van der Waals surface area contributed by atoms with E-state index in [2.05, 4.69) is 10.1 Å². The summed E-state index contributed by atoms with van der Waals surface area (Å²) in [6, 6.07) is 6.41. The summed E-state index contributed by atoms with van der Waals surface area (Å²) in [5, 5.41) is 2.41. The molecule has 3 N–H and O–H groups in total. The number of carbonyl (C=O) groups excluding carboxylic acids is 2. The fourth-order valence-corrected chi connectivity index (χ4v) is 0.961. The van der Waals surface area contributed by atoms with Crippen molar-refractivity contribution in [2.24, 2.45) is 0 Å². The highest BCUT2D eigenvalue weighted by Gasteiger charge is 2.06. The van der Waals surface area contributed by atoms with E-state index in [1.54, 1.807) is 24.3 Å². The highest BCUT2D eigenvalue weighted by atomic mass is 16.5. The Kier molecular flexibility index (Phi) is 3.68. The topological polar surface area (TPSA) is 81.4 Å². The average Bonchev–Trinajstić information content (AvgIpc) is 2.26. The van der Waals surface area contributed by atoms with Crippen LogP contribution < -0.4 is 11.1 Å². The number of esters is 1. The van der Waals surface area contributed by atoms with E-state index in [1.807, 2.05) is 0 Å². The van der Waals surface area contributed by atoms with Gasteiger partial charge in [0.2, 0.25) is 0 Å². The van der Waals surface area contributed by atoms with Gasteiger partial charge in [-0.15, -0.1) is 0 Å². The number of carbonyl (C=O) groups is 2. The van der Waals surface area contributed by atoms with Crippen molar-refractivity contribution >= 4 is 17.6 Å². The molecular weight excluding hydrogens is 196 g/mol. The number of methoxy groups -OCH3 is 1. The fourth-order valence-electron chi connectivity index (χ4n) is 0.961. The first-order valence-corrected chi connectivity index (χ1v) is 4.34. The van der Waals surface area contributed by atoms with Gasteiger partial charge in [0, 0.05) is 11.3 Å². The van der Waals surface area contributed by atoms with Crippen molar-refractivity contribution in [2.45, 2.75) is 0 Å². The highest BCUT2D eigenvalue weighted by Crippen LogP contribution is 2.04. The number of hydrogen-bond donors (Lipinski definition) is 2. The molecule has 1 aromatic rings. The first kappa shape index (κ1) is 11.0. The van der Waals surface area contributed by atoms with E-state index in [1.165, 1.54) is 7.11 Å². The third-order valence-electron chi connectivity index (χ3n) is 1.79. The summed E-state index contributed by atoms with van der Waals surface area (Å²) in [4.78, 5) is 22.2. The van der Waals surface area contributed by atoms with Crippen LogP contribution in [0.25, 0.3) is 0 Å². The van der Waals surface area contributed by atoms with Gasteiger partial charge in [-0.3, -0.25) is 9.59 Å². The lowest BCUT2D eigenvalue weighted by Crippen LogP contribution is -2.30. The van der Waals surface area contributed by atoms with E-state index in [9.17, 15) is 9.59 Å². The Hall–Kier alpha value is -2.04. The lowest BCUT2D eigenvalue weighted by molar-refractivity contribution is -0.139. The summed E-state index contributed by atoms with van der Waals surface area (Å²) in [5.74, 6) is -0.820. The van der Waals surface area contributed by atoms with Crippen molar-refractivity contribution in [3.05, 3.63) is 29.8 Å². The van der Waals surface area contributed by atoms with E-state index in [0.717, 1.165) is 0 Å². The van der Waals surface area contributed by atoms with Crippen LogP contribution in [0, 0.1) is 0 Å². The van der Waals surface area contributed by atoms with Gasteiger partial charge in [-0.1, -0.05) is 0 Å². The van der Waals surface area contributed by atoms with Crippen molar-refractivity contribution < 1.29 is 14.3 Å². The molecule has 0 aliphatic heterocycles. The molecule has 0 spiro atoms. The SMILES string of the molecule is COC(=O)CNC(=O)c1ccc(N)cc1. The number of rotatable bonds is 3. The summed E-state index contributed by atoms with van der Waals surface area (Å²) in [5.41, 5.74) is 6.50. The second-order valence-corrected chi connectivity index (χ2v) is 2.88. The van der Waals surface area contributed by atoms with Crippen molar-refractivity contribution in [1.82, 2.24) is 5.32 Å². The summed E-state index contributed by atoms with van der Waals surface area (Å²) in [6.45, 7) is -0.139. The Labute approximate surface area is 87.2 Å². The van der Waals surface area contributed by atoms with Crippen LogP contribution in [-0.2, 0) is 9.53 Å². The number of amides is 1. The standard InChI is InChI=1S/C10H12N2O3/c1-15-9(13)6-12-10(14)7-2-4-8(11)5-3-7/h2-5H,6,11H2,1H3,(H,12,14). The third-order valence-corrected chi connectivity index (χ3v) is 1.79. The molecule has 1 rings (SSSR count). The third kappa shape index (κ3) is 3.30. The van der Waals surface area contributed by atoms with Crippen LogP contribution in [0.3, 0.4) is 0 Å². The molecule has 5 nitrogen and oxygen atoms in total. The molecule has 0 radical (unpaired) electrons. The first-order valence-electron chi connectivity index (χ1n) is 4.34. The fraction of sp³-hybridized carbons (Fsp3) is 0.200. The molecule has 80 valence electrons. The zero-order valence-corrected chi connectivity index (χ0v) is 8.32. The summed E-state index contributed by atoms with van der Waals surface area (Å²) in [7, 11) is 1.26. The predicted molar refractivity (Wildman–Crippen MR) is 55.2 cm³/mol. The average molecular weight is 208 g/mol. The minimum Gasteiger partial charge on any atom is -0.468 e. The molecule has 0 saturated heterocycles. The molecule has 0 bridgehead atoms. The largest absolute Gasteiger partial charge is 0.468 e. The molecule has 0 unspecified atom stereocenters. The quantitative estimate of drug-likeness (QED) is 0.548. The molecule has 0 heterocycles. The van der Waals surface area contributed by atoms with Crippen molar-refractivity contribution in [1.29, 1.82) is 0 Å². The first-order chi connectivity index (χ1) is 7.13. The number of nitrogens with two attached hydrogens (primary N) is 1. The van der Waals surface area contributed by atoms with E-state index >= 15 is 0 Å². The lowest BCUT2D eigenvalue weighted by atomic mass is 10.2. The normalized spacial score (nSPS) is 9.40. The minimum absolute atomic E-state index is 0.139. The molecule has 1 aromatic carbocycles. The Morgan fingerprint density at radius 1 is 1.33 bits per heavy atom. The second kappa shape index (κ2) is 4.99. The maximum Gasteiger partial charge on any atom is 0.325 e. The van der Waals surface area contributed by atoms with Gasteiger partial charge < -0.3 is 15.8 Å². The molecule has 0 aliphatic rings. The molecule has 0 saturated carbocycles. The number of ether oxygens (including phenoxy) is 1. The Morgan fingerprint density at radius 2 is 1.93 bits per heavy atom. The van der Waals surface area contributed by atoms with Gasteiger partial charge in [-0.25, -0.2) is 0 Å². The van der Waals surface area contributed by atoms with Gasteiger partial charge in [-0.05, 0) is 24.3 Å². The number of anilines is 1. The van der Waals surface area contributed by atoms with Crippen LogP contribution in [0.4, 0.5) is 5.69 Å². The Balaban J connectivity index is 2.54. The predicted octanol–water partition coefficient (Wildman–Crippen LogP) is 0.172. The van der Waals surface area contributed by atoms with E-state index in [4.69, 9.17) is 5.73 Å². The molecule has 0 aromatic heterocycles. The minimum atomic E-state index is -0.487. The van der Waals surface area contributed by atoms with Crippen LogP contribution in [0.1, 0.15) is 10.4 Å². The zero-order valence-electron chi connectivity index (χ0n) is 8.32. The Morgan fingerprint density at radius 3 is 2.47 bits per heavy atom. The summed E-state index contributed by atoms with van der Waals surface area (Å²) < 4.78 is 4.38. The number of hydrogen-bond acceptors (Lipinski definition) is 4. The van der Waals surface area contributed by atoms with E-state index < -0.39 is 5.97 Å². The van der Waals surface area contributed by atoms with E-state index in [-0.39, 0.29) is 12.5 Å². The molecular formula is C10H12N2O3. The second-order valence-electron chi connectivity index (χ2n) is 2.88. The van der Waals surface area contributed by atoms with Crippen LogP contribution in [0.15, 0.2) is 24.3 Å². The van der Waals surface area contributed by atoms with Crippen LogP contribution in [0.2, 0.25) is 0 Å². The van der Waals surface area contributed by atoms with Gasteiger partial charge in [0.15, 0.2) is 0 Å². The van der Waals surface area contributed by atoms with Crippen molar-refractivity contribution in [2.75, 3.05) is 19.4 Å². The molecule has 0 aliphatic carbocycles. The van der Waals surface area contributed by atoms with Gasteiger partial charge >= 0.3 is 5.97 Å². The molecule has 0 atom stereocenters. The Bertz CT molecular complexity index is 359. The monoisotopic (exact) mass is 208 g/mol. The number of nitrogen functional groups attached to an aromatic ring is 1. The lowest BCUT2D eigenvalue weighted by Gasteiger charge is -2.03. The molecule has 1 amide bonds. The summed E-state index contributed by atoms with van der Waals surface area (Å²) in [6.07, 6.45) is 0. The highest BCUT2D eigenvalue weighted by molar-refractivity contribution is 5.96. The van der Waals surface area contributed by atoms with Crippen molar-refractivity contribution in [3.8, 4) is 0 Å². The molecule has 0 fully saturated rings. The maximum absolute atomic E-state index is 11.4. The summed E-state index contributed by atoms with van der Waals surface area (Å²) >= 11 is 0. The van der Waals surface area contributed by atoms with Gasteiger partial charge in [0.1, 0.15) is 6.54 Å². The maximum atomic E-state index is 11.4. The van der Waals surface area contributed by atoms with Crippen LogP contribution in [0.5, 0.6) is 0 Å². The smallest absolute Gasteiger partial charge is 0.325 e. The van der Waals surface area contributed by atoms with Gasteiger partial charge in [0.05, 0.1) is 7.11 Å². The van der Waals surface area contributed by atoms with Gasteiger partial charge in [0.25, 0.3) is 5.91 Å². The number of nitrogens with one attached hydrogen (secondary N) is 1.